The molecule has 0 heterocycles. The summed E-state index contributed by atoms with van der Waals surface area (Å²) in [6, 6.07) is 10.1. The minimum Gasteiger partial charge on any atom is -0.381 e. The molecule has 2 rings (SSSR count). The molecule has 1 atom stereocenters. The molecule has 0 N–H and O–H groups in total. The zero-order valence-electron chi connectivity index (χ0n) is 35.2. The third kappa shape index (κ3) is 10.6. The van der Waals surface area contributed by atoms with Crippen LogP contribution in [0.4, 0.5) is 0 Å². The molecule has 0 radical (unpaired) electrons. The van der Waals surface area contributed by atoms with Crippen LogP contribution in [0.2, 0.25) is 18.1 Å². The average Bonchev–Trinajstić information content (AvgIpc) is 2.78. The predicted molar refractivity (Wildman–Crippen MR) is 223 cm³/mol. The summed E-state index contributed by atoms with van der Waals surface area (Å²) in [5.41, 5.74) is 8.82. The molecule has 47 heavy (non-hydrogen) atoms. The Hall–Kier alpha value is -0.783. The van der Waals surface area contributed by atoms with Gasteiger partial charge in [0.05, 0.1) is 5.22 Å². The van der Waals surface area contributed by atoms with Crippen molar-refractivity contribution in [1.82, 2.24) is 0 Å². The van der Waals surface area contributed by atoms with Gasteiger partial charge in [-0.3, -0.25) is 0 Å². The number of hydrogen-bond acceptors (Lipinski definition) is 1. The minimum absolute atomic E-state index is 0.00369. The van der Waals surface area contributed by atoms with E-state index in [1.165, 1.54) is 57.4 Å². The predicted octanol–water partition coefficient (Wildman–Crippen LogP) is 13.2. The Bertz CT molecular complexity index is 1390. The van der Waals surface area contributed by atoms with E-state index in [1.807, 2.05) is 0 Å². The minimum atomic E-state index is -2.15. The zero-order chi connectivity index (χ0) is 37.1. The summed E-state index contributed by atoms with van der Waals surface area (Å²) in [4.78, 5) is 0. The standard InChI is InChI=1S/C43H74OP2Si/c1-37(2,3)28-24-30(39(7,8)9)34(31(25-28)40(10,11)12)45-36(44-47(22,23)43(19,20)21)46-35-32(41(13,14)15)26-29(38(4,5)6)27-33(35)42(16,17)18/h24-27,45H,1-23H3. The van der Waals surface area contributed by atoms with Gasteiger partial charge in [0.15, 0.2) is 8.32 Å². The van der Waals surface area contributed by atoms with Crippen LogP contribution in [0, 0.1) is 0 Å². The molecule has 0 fully saturated rings. The molecule has 0 saturated heterocycles. The van der Waals surface area contributed by atoms with Crippen molar-refractivity contribution < 1.29 is 4.43 Å². The topological polar surface area (TPSA) is 9.23 Å². The summed E-state index contributed by atoms with van der Waals surface area (Å²) in [6.45, 7) is 54.7. The van der Waals surface area contributed by atoms with E-state index in [9.17, 15) is 0 Å². The molecule has 1 unspecified atom stereocenters. The van der Waals surface area contributed by atoms with Crippen molar-refractivity contribution in [2.75, 3.05) is 0 Å². The number of hydrogen-bond donors (Lipinski definition) is 0. The molecule has 0 aliphatic rings. The number of rotatable bonds is 5. The SMILES string of the molecule is CC(C)(C)c1cc(C(C)(C)C)c(P=C(O[Si](C)(C)C(C)(C)C)Pc2c(C(C)(C)C)cc(C(C)(C)C)cc2C(C)(C)C)c(C(C)(C)C)c1. The third-order valence-electron chi connectivity index (χ3n) is 9.82. The van der Waals surface area contributed by atoms with Gasteiger partial charge < -0.3 is 4.43 Å². The van der Waals surface area contributed by atoms with E-state index >= 15 is 0 Å². The van der Waals surface area contributed by atoms with E-state index in [1.54, 1.807) is 0 Å². The Kier molecular flexibility index (Phi) is 12.1. The van der Waals surface area contributed by atoms with Crippen LogP contribution < -0.4 is 10.6 Å². The van der Waals surface area contributed by atoms with Crippen molar-refractivity contribution in [1.29, 1.82) is 0 Å². The first kappa shape index (κ1) is 42.4. The highest BCUT2D eigenvalue weighted by Gasteiger charge is 2.40. The van der Waals surface area contributed by atoms with Gasteiger partial charge in [0.25, 0.3) is 0 Å². The molecule has 0 amide bonds. The quantitative estimate of drug-likeness (QED) is 0.223. The Morgan fingerprint density at radius 3 is 1.04 bits per heavy atom. The fraction of sp³-hybridized carbons (Fsp3) is 0.698. The van der Waals surface area contributed by atoms with Crippen LogP contribution in [0.5, 0.6) is 0 Å². The molecule has 1 nitrogen and oxygen atoms in total. The second kappa shape index (κ2) is 13.4. The fourth-order valence-corrected chi connectivity index (χ4v) is 11.5. The van der Waals surface area contributed by atoms with Crippen molar-refractivity contribution in [2.24, 2.45) is 0 Å². The molecule has 0 aromatic heterocycles. The lowest BCUT2D eigenvalue weighted by atomic mass is 9.75. The van der Waals surface area contributed by atoms with Gasteiger partial charge in [0.2, 0.25) is 0 Å². The Morgan fingerprint density at radius 1 is 0.489 bits per heavy atom. The lowest BCUT2D eigenvalue weighted by Crippen LogP contribution is -2.42. The van der Waals surface area contributed by atoms with Gasteiger partial charge in [0, 0.05) is 5.30 Å². The van der Waals surface area contributed by atoms with Crippen molar-refractivity contribution in [3.05, 3.63) is 57.6 Å². The van der Waals surface area contributed by atoms with Gasteiger partial charge in [-0.2, -0.15) is 0 Å². The van der Waals surface area contributed by atoms with Crippen molar-refractivity contribution >= 4 is 40.9 Å². The van der Waals surface area contributed by atoms with Gasteiger partial charge in [0.1, 0.15) is 0 Å². The van der Waals surface area contributed by atoms with Crippen LogP contribution in [0.3, 0.4) is 0 Å². The summed E-state index contributed by atoms with van der Waals surface area (Å²) in [5, 5.41) is 4.26. The molecule has 0 saturated carbocycles. The first-order valence-corrected chi connectivity index (χ1v) is 22.7. The summed E-state index contributed by atoms with van der Waals surface area (Å²) in [5.74, 6) is 0. The first-order chi connectivity index (χ1) is 20.5. The van der Waals surface area contributed by atoms with Crippen LogP contribution in [0.15, 0.2) is 24.3 Å². The molecule has 0 aliphatic carbocycles. The summed E-state index contributed by atoms with van der Waals surface area (Å²) in [6.07, 6.45) is 0. The van der Waals surface area contributed by atoms with E-state index in [4.69, 9.17) is 4.43 Å². The highest BCUT2D eigenvalue weighted by atomic mass is 31.1. The summed E-state index contributed by atoms with van der Waals surface area (Å²) >= 11 is 0. The van der Waals surface area contributed by atoms with Crippen LogP contribution in [-0.4, -0.2) is 13.5 Å². The largest absolute Gasteiger partial charge is 0.381 e. The van der Waals surface area contributed by atoms with Gasteiger partial charge in [-0.15, -0.1) is 0 Å². The molecule has 0 spiro atoms. The molecular weight excluding hydrogens is 623 g/mol. The third-order valence-corrected chi connectivity index (χ3v) is 17.3. The summed E-state index contributed by atoms with van der Waals surface area (Å²) in [7, 11) is -0.472. The van der Waals surface area contributed by atoms with Crippen LogP contribution in [-0.2, 0) is 36.9 Å². The van der Waals surface area contributed by atoms with Crippen molar-refractivity contribution in [2.45, 2.75) is 196 Å². The Labute approximate surface area is 298 Å². The maximum Gasteiger partial charge on any atom is 0.200 e. The van der Waals surface area contributed by atoms with Gasteiger partial charge in [-0.05, 0) is 106 Å². The smallest absolute Gasteiger partial charge is 0.200 e. The number of benzene rings is 2. The lowest BCUT2D eigenvalue weighted by molar-refractivity contribution is 0.504. The monoisotopic (exact) mass is 696 g/mol. The highest BCUT2D eigenvalue weighted by Crippen LogP contribution is 2.44. The van der Waals surface area contributed by atoms with E-state index in [2.05, 4.69) is 183 Å². The van der Waals surface area contributed by atoms with E-state index in [0.717, 1.165) is 0 Å². The lowest BCUT2D eigenvalue weighted by Gasteiger charge is -2.38. The maximum absolute atomic E-state index is 7.53. The molecule has 2 aromatic rings. The second-order valence-corrected chi connectivity index (χ2v) is 29.2. The molecule has 0 bridgehead atoms. The van der Waals surface area contributed by atoms with Gasteiger partial charge in [-0.25, -0.2) is 0 Å². The fourth-order valence-electron chi connectivity index (χ4n) is 5.40. The Balaban J connectivity index is 3.23. The second-order valence-electron chi connectivity index (χ2n) is 21.8. The van der Waals surface area contributed by atoms with Crippen LogP contribution in [0.1, 0.15) is 179 Å². The first-order valence-electron chi connectivity index (χ1n) is 17.9. The van der Waals surface area contributed by atoms with Crippen LogP contribution >= 0.6 is 16.8 Å². The average molecular weight is 697 g/mol. The normalized spacial score (nSPS) is 15.3. The van der Waals surface area contributed by atoms with Crippen molar-refractivity contribution in [3.8, 4) is 0 Å². The van der Waals surface area contributed by atoms with Crippen LogP contribution in [0.25, 0.3) is 0 Å². The summed E-state index contributed by atoms with van der Waals surface area (Å²) < 4.78 is 7.53. The molecule has 0 aliphatic heterocycles. The van der Waals surface area contributed by atoms with Gasteiger partial charge >= 0.3 is 0 Å². The van der Waals surface area contributed by atoms with Crippen molar-refractivity contribution in [3.63, 3.8) is 0 Å². The molecule has 2 aromatic carbocycles. The highest BCUT2D eigenvalue weighted by molar-refractivity contribution is 7.79. The van der Waals surface area contributed by atoms with E-state index < -0.39 is 8.32 Å². The maximum atomic E-state index is 7.53. The van der Waals surface area contributed by atoms with Gasteiger partial charge in [-0.1, -0.05) is 170 Å². The zero-order valence-corrected chi connectivity index (χ0v) is 38.1. The van der Waals surface area contributed by atoms with E-state index in [-0.39, 0.29) is 37.5 Å². The molecule has 4 heteroatoms. The molecule has 266 valence electrons. The molecular formula is C43H74OP2Si. The Morgan fingerprint density at radius 2 is 0.787 bits per heavy atom. The van der Waals surface area contributed by atoms with E-state index in [0.29, 0.717) is 8.58 Å².